The van der Waals surface area contributed by atoms with E-state index in [1.165, 1.54) is 6.08 Å². The van der Waals surface area contributed by atoms with Crippen molar-refractivity contribution in [3.63, 3.8) is 0 Å². The molecule has 0 aliphatic carbocycles. The first-order valence-electron chi connectivity index (χ1n) is 5.82. The lowest BCUT2D eigenvalue weighted by Crippen LogP contribution is -2.07. The van der Waals surface area contributed by atoms with Crippen molar-refractivity contribution >= 4 is 17.7 Å². The van der Waals surface area contributed by atoms with E-state index in [9.17, 15) is 4.79 Å². The fraction of sp³-hybridized carbons (Fsp3) is 0. The van der Waals surface area contributed by atoms with Crippen LogP contribution in [0.3, 0.4) is 0 Å². The number of hydrogen-bond acceptors (Lipinski definition) is 2. The number of nitrogens with one attached hydrogen (secondary N) is 1. The molecule has 0 radical (unpaired) electrons. The number of rotatable bonds is 3. The maximum atomic E-state index is 11.7. The van der Waals surface area contributed by atoms with Crippen LogP contribution in [-0.4, -0.2) is 5.91 Å². The Bertz CT molecular complexity index is 639. The van der Waals surface area contributed by atoms with E-state index in [1.54, 1.807) is 30.3 Å². The van der Waals surface area contributed by atoms with Crippen LogP contribution in [0.25, 0.3) is 6.08 Å². The first kappa shape index (κ1) is 12.6. The number of benzene rings is 2. The van der Waals surface area contributed by atoms with Gasteiger partial charge in [-0.15, -0.1) is 0 Å². The predicted molar refractivity (Wildman–Crippen MR) is 75.3 cm³/mol. The minimum absolute atomic E-state index is 0.223. The second-order valence-corrected chi connectivity index (χ2v) is 3.93. The monoisotopic (exact) mass is 248 g/mol. The minimum Gasteiger partial charge on any atom is -0.322 e. The van der Waals surface area contributed by atoms with E-state index < -0.39 is 0 Å². The number of nitriles is 1. The van der Waals surface area contributed by atoms with Crippen LogP contribution in [0.4, 0.5) is 5.69 Å². The maximum Gasteiger partial charge on any atom is 0.248 e. The normalized spacial score (nSPS) is 10.1. The second-order valence-electron chi connectivity index (χ2n) is 3.93. The van der Waals surface area contributed by atoms with Gasteiger partial charge in [-0.1, -0.05) is 36.4 Å². The largest absolute Gasteiger partial charge is 0.322 e. The highest BCUT2D eigenvalue weighted by Gasteiger charge is 1.98. The molecule has 3 heteroatoms. The van der Waals surface area contributed by atoms with E-state index >= 15 is 0 Å². The molecule has 0 spiro atoms. The van der Waals surface area contributed by atoms with Crippen molar-refractivity contribution in [3.05, 3.63) is 71.8 Å². The molecule has 19 heavy (non-hydrogen) atoms. The lowest BCUT2D eigenvalue weighted by atomic mass is 10.2. The summed E-state index contributed by atoms with van der Waals surface area (Å²) in [5, 5.41) is 11.5. The van der Waals surface area contributed by atoms with E-state index in [-0.39, 0.29) is 5.91 Å². The van der Waals surface area contributed by atoms with Gasteiger partial charge in [-0.05, 0) is 29.8 Å². The lowest BCUT2D eigenvalue weighted by Gasteiger charge is -2.01. The molecule has 3 nitrogen and oxygen atoms in total. The van der Waals surface area contributed by atoms with Gasteiger partial charge < -0.3 is 5.32 Å². The van der Waals surface area contributed by atoms with Gasteiger partial charge in [-0.25, -0.2) is 0 Å². The molecule has 0 atom stereocenters. The summed E-state index contributed by atoms with van der Waals surface area (Å²) in [5.41, 5.74) is 2.09. The van der Waals surface area contributed by atoms with Gasteiger partial charge in [0.15, 0.2) is 0 Å². The zero-order valence-corrected chi connectivity index (χ0v) is 10.2. The first-order chi connectivity index (χ1) is 9.28. The van der Waals surface area contributed by atoms with Gasteiger partial charge in [-0.2, -0.15) is 5.26 Å². The Labute approximate surface area is 111 Å². The Kier molecular flexibility index (Phi) is 4.09. The lowest BCUT2D eigenvalue weighted by molar-refractivity contribution is -0.111. The van der Waals surface area contributed by atoms with E-state index in [0.717, 1.165) is 5.56 Å². The van der Waals surface area contributed by atoms with Crippen molar-refractivity contribution in [2.75, 3.05) is 5.32 Å². The van der Waals surface area contributed by atoms with Crippen LogP contribution in [0, 0.1) is 11.3 Å². The quantitative estimate of drug-likeness (QED) is 0.848. The van der Waals surface area contributed by atoms with Crippen molar-refractivity contribution in [2.45, 2.75) is 0 Å². The topological polar surface area (TPSA) is 52.9 Å². The fourth-order valence-corrected chi connectivity index (χ4v) is 1.59. The molecule has 92 valence electrons. The van der Waals surface area contributed by atoms with E-state index in [0.29, 0.717) is 11.3 Å². The average molecular weight is 248 g/mol. The van der Waals surface area contributed by atoms with Crippen molar-refractivity contribution < 1.29 is 4.79 Å². The van der Waals surface area contributed by atoms with Gasteiger partial charge in [0, 0.05) is 11.8 Å². The number of nitrogens with zero attached hydrogens (tertiary/aromatic N) is 1. The molecule has 0 unspecified atom stereocenters. The van der Waals surface area contributed by atoms with Crippen LogP contribution < -0.4 is 5.32 Å². The van der Waals surface area contributed by atoms with E-state index in [2.05, 4.69) is 5.32 Å². The molecular weight excluding hydrogens is 236 g/mol. The summed E-state index contributed by atoms with van der Waals surface area (Å²) < 4.78 is 0. The third-order valence-corrected chi connectivity index (χ3v) is 2.49. The molecule has 1 amide bonds. The first-order valence-corrected chi connectivity index (χ1v) is 5.82. The number of anilines is 1. The molecule has 2 aromatic rings. The van der Waals surface area contributed by atoms with Gasteiger partial charge in [-0.3, -0.25) is 4.79 Å². The number of carbonyl (C=O) groups is 1. The van der Waals surface area contributed by atoms with Crippen LogP contribution in [-0.2, 0) is 4.79 Å². The standard InChI is InChI=1S/C16H12N2O/c17-12-14-7-4-8-15(11-14)18-16(19)10-9-13-5-2-1-3-6-13/h1-11H,(H,18,19). The van der Waals surface area contributed by atoms with Crippen molar-refractivity contribution in [3.8, 4) is 6.07 Å². The van der Waals surface area contributed by atoms with Crippen LogP contribution >= 0.6 is 0 Å². The van der Waals surface area contributed by atoms with Crippen molar-refractivity contribution in [2.24, 2.45) is 0 Å². The Morgan fingerprint density at radius 1 is 1.11 bits per heavy atom. The highest BCUT2D eigenvalue weighted by molar-refractivity contribution is 6.01. The summed E-state index contributed by atoms with van der Waals surface area (Å²) in [7, 11) is 0. The van der Waals surface area contributed by atoms with Gasteiger partial charge in [0.2, 0.25) is 5.91 Å². The Morgan fingerprint density at radius 2 is 1.89 bits per heavy atom. The third kappa shape index (κ3) is 3.83. The summed E-state index contributed by atoms with van der Waals surface area (Å²) >= 11 is 0. The molecule has 0 aliphatic heterocycles. The summed E-state index contributed by atoms with van der Waals surface area (Å²) in [6.07, 6.45) is 3.21. The summed E-state index contributed by atoms with van der Waals surface area (Å²) in [6.45, 7) is 0. The molecule has 2 aromatic carbocycles. The molecule has 0 aliphatic rings. The molecule has 0 saturated heterocycles. The van der Waals surface area contributed by atoms with Crippen LogP contribution in [0.5, 0.6) is 0 Å². The Morgan fingerprint density at radius 3 is 2.63 bits per heavy atom. The summed E-state index contributed by atoms with van der Waals surface area (Å²) in [6, 6.07) is 18.4. The summed E-state index contributed by atoms with van der Waals surface area (Å²) in [5.74, 6) is -0.223. The van der Waals surface area contributed by atoms with Crippen molar-refractivity contribution in [1.29, 1.82) is 5.26 Å². The van der Waals surface area contributed by atoms with Crippen LogP contribution in [0.15, 0.2) is 60.7 Å². The van der Waals surface area contributed by atoms with Gasteiger partial charge >= 0.3 is 0 Å². The second kappa shape index (κ2) is 6.18. The molecule has 0 bridgehead atoms. The highest BCUT2D eigenvalue weighted by atomic mass is 16.1. The Balaban J connectivity index is 2.02. The average Bonchev–Trinajstić information content (AvgIpc) is 2.46. The van der Waals surface area contributed by atoms with Gasteiger partial charge in [0.05, 0.1) is 11.6 Å². The zero-order chi connectivity index (χ0) is 13.5. The molecule has 2 rings (SSSR count). The molecule has 0 saturated carbocycles. The number of amides is 1. The summed E-state index contributed by atoms with van der Waals surface area (Å²) in [4.78, 5) is 11.7. The molecule has 1 N–H and O–H groups in total. The third-order valence-electron chi connectivity index (χ3n) is 2.49. The van der Waals surface area contributed by atoms with E-state index in [4.69, 9.17) is 5.26 Å². The predicted octanol–water partition coefficient (Wildman–Crippen LogP) is 3.21. The number of carbonyl (C=O) groups excluding carboxylic acids is 1. The molecule has 0 fully saturated rings. The minimum atomic E-state index is -0.223. The number of hydrogen-bond donors (Lipinski definition) is 1. The van der Waals surface area contributed by atoms with Gasteiger partial charge in [0.25, 0.3) is 0 Å². The molecular formula is C16H12N2O. The van der Waals surface area contributed by atoms with E-state index in [1.807, 2.05) is 36.4 Å². The van der Waals surface area contributed by atoms with Crippen LogP contribution in [0.2, 0.25) is 0 Å². The fourth-order valence-electron chi connectivity index (χ4n) is 1.59. The van der Waals surface area contributed by atoms with Crippen LogP contribution in [0.1, 0.15) is 11.1 Å². The maximum absolute atomic E-state index is 11.7. The molecule has 0 heterocycles. The SMILES string of the molecule is N#Cc1cccc(NC(=O)C=Cc2ccccc2)c1. The van der Waals surface area contributed by atoms with Gasteiger partial charge in [0.1, 0.15) is 0 Å². The van der Waals surface area contributed by atoms with Crippen molar-refractivity contribution in [1.82, 2.24) is 0 Å². The Hall–Kier alpha value is -2.86. The molecule has 0 aromatic heterocycles. The zero-order valence-electron chi connectivity index (χ0n) is 10.2. The smallest absolute Gasteiger partial charge is 0.248 e. The highest BCUT2D eigenvalue weighted by Crippen LogP contribution is 2.10.